The van der Waals surface area contributed by atoms with E-state index in [1.165, 1.54) is 6.20 Å². The Morgan fingerprint density at radius 3 is 2.52 bits per heavy atom. The Balaban J connectivity index is 2.14. The lowest BCUT2D eigenvalue weighted by molar-refractivity contribution is 0.558. The predicted molar refractivity (Wildman–Crippen MR) is 82.9 cm³/mol. The van der Waals surface area contributed by atoms with E-state index in [-0.39, 0.29) is 16.9 Å². The average Bonchev–Trinajstić information content (AvgIpc) is 2.80. The van der Waals surface area contributed by atoms with Gasteiger partial charge in [0.15, 0.2) is 5.03 Å². The molecule has 1 atom stereocenters. The minimum atomic E-state index is -3.66. The second kappa shape index (κ2) is 6.60. The molecule has 1 heterocycles. The summed E-state index contributed by atoms with van der Waals surface area (Å²) >= 11 is 5.89. The molecule has 7 heteroatoms. The Labute approximate surface area is 130 Å². The number of sulfonamides is 1. The van der Waals surface area contributed by atoms with Crippen LogP contribution in [0.3, 0.4) is 0 Å². The first-order valence-corrected chi connectivity index (χ1v) is 8.56. The van der Waals surface area contributed by atoms with Crippen molar-refractivity contribution in [2.45, 2.75) is 24.4 Å². The molecular formula is C14H18ClN3O2S. The minimum Gasteiger partial charge on any atom is -0.337 e. The first-order chi connectivity index (χ1) is 9.92. The molecule has 2 rings (SSSR count). The number of aromatic nitrogens is 2. The van der Waals surface area contributed by atoms with E-state index < -0.39 is 10.0 Å². The van der Waals surface area contributed by atoms with Crippen molar-refractivity contribution in [2.24, 2.45) is 7.05 Å². The molecule has 5 nitrogen and oxygen atoms in total. The van der Waals surface area contributed by atoms with Gasteiger partial charge in [0.25, 0.3) is 10.0 Å². The number of alkyl halides is 1. The summed E-state index contributed by atoms with van der Waals surface area (Å²) < 4.78 is 28.9. The SMILES string of the molecule is Cc1nc(S(=O)(=O)NC(CCl)Cc2ccccc2)cn1C. The van der Waals surface area contributed by atoms with Crippen LogP contribution in [0.4, 0.5) is 0 Å². The fourth-order valence-corrected chi connectivity index (χ4v) is 3.52. The summed E-state index contributed by atoms with van der Waals surface area (Å²) in [6.45, 7) is 1.75. The van der Waals surface area contributed by atoms with Crippen molar-refractivity contribution in [3.63, 3.8) is 0 Å². The van der Waals surface area contributed by atoms with Crippen LogP contribution in [-0.2, 0) is 23.5 Å². The van der Waals surface area contributed by atoms with E-state index in [4.69, 9.17) is 11.6 Å². The molecule has 21 heavy (non-hydrogen) atoms. The zero-order chi connectivity index (χ0) is 15.5. The molecule has 2 aromatic rings. The van der Waals surface area contributed by atoms with Crippen molar-refractivity contribution in [3.05, 3.63) is 47.9 Å². The molecule has 0 aliphatic rings. The van der Waals surface area contributed by atoms with Crippen LogP contribution in [-0.4, -0.2) is 29.9 Å². The summed E-state index contributed by atoms with van der Waals surface area (Å²) in [6.07, 6.45) is 2.03. The number of hydrogen-bond donors (Lipinski definition) is 1. The molecule has 1 aromatic heterocycles. The number of hydrogen-bond acceptors (Lipinski definition) is 3. The van der Waals surface area contributed by atoms with Crippen LogP contribution in [0.25, 0.3) is 0 Å². The van der Waals surface area contributed by atoms with Crippen molar-refractivity contribution >= 4 is 21.6 Å². The van der Waals surface area contributed by atoms with Gasteiger partial charge in [0.05, 0.1) is 0 Å². The molecular weight excluding hydrogens is 310 g/mol. The summed E-state index contributed by atoms with van der Waals surface area (Å²) in [5, 5.41) is 0.0191. The van der Waals surface area contributed by atoms with E-state index in [0.29, 0.717) is 12.2 Å². The van der Waals surface area contributed by atoms with Gasteiger partial charge < -0.3 is 4.57 Å². The molecule has 0 saturated carbocycles. The Bertz CT molecular complexity index is 679. The van der Waals surface area contributed by atoms with Gasteiger partial charge in [-0.15, -0.1) is 11.6 Å². The molecule has 0 aliphatic heterocycles. The molecule has 114 valence electrons. The minimum absolute atomic E-state index is 0.0191. The molecule has 1 N–H and O–H groups in total. The number of aryl methyl sites for hydroxylation is 2. The lowest BCUT2D eigenvalue weighted by Crippen LogP contribution is -2.37. The number of rotatable bonds is 6. The summed E-state index contributed by atoms with van der Waals surface area (Å²) in [6, 6.07) is 9.26. The zero-order valence-electron chi connectivity index (χ0n) is 12.0. The van der Waals surface area contributed by atoms with E-state index in [9.17, 15) is 8.42 Å². The highest BCUT2D eigenvalue weighted by Gasteiger charge is 2.22. The average molecular weight is 328 g/mol. The highest BCUT2D eigenvalue weighted by atomic mass is 35.5. The van der Waals surface area contributed by atoms with Crippen LogP contribution >= 0.6 is 11.6 Å². The monoisotopic (exact) mass is 327 g/mol. The molecule has 1 aromatic carbocycles. The van der Waals surface area contributed by atoms with E-state index in [1.807, 2.05) is 30.3 Å². The normalized spacial score (nSPS) is 13.3. The van der Waals surface area contributed by atoms with Crippen molar-refractivity contribution in [3.8, 4) is 0 Å². The lowest BCUT2D eigenvalue weighted by Gasteiger charge is -2.15. The fourth-order valence-electron chi connectivity index (χ4n) is 1.96. The quantitative estimate of drug-likeness (QED) is 0.824. The highest BCUT2D eigenvalue weighted by Crippen LogP contribution is 2.11. The van der Waals surface area contributed by atoms with Gasteiger partial charge in [0.1, 0.15) is 5.82 Å². The Morgan fingerprint density at radius 2 is 2.00 bits per heavy atom. The third-order valence-electron chi connectivity index (χ3n) is 3.19. The molecule has 0 radical (unpaired) electrons. The number of imidazole rings is 1. The predicted octanol–water partition coefficient (Wildman–Crippen LogP) is 1.86. The van der Waals surface area contributed by atoms with Crippen LogP contribution in [0.1, 0.15) is 11.4 Å². The maximum absolute atomic E-state index is 12.3. The van der Waals surface area contributed by atoms with Gasteiger partial charge in [0, 0.05) is 25.2 Å². The maximum atomic E-state index is 12.3. The first-order valence-electron chi connectivity index (χ1n) is 6.54. The van der Waals surface area contributed by atoms with Gasteiger partial charge in [-0.2, -0.15) is 0 Å². The van der Waals surface area contributed by atoms with E-state index in [2.05, 4.69) is 9.71 Å². The number of nitrogens with zero attached hydrogens (tertiary/aromatic N) is 2. The topological polar surface area (TPSA) is 64.0 Å². The Morgan fingerprint density at radius 1 is 1.33 bits per heavy atom. The van der Waals surface area contributed by atoms with Gasteiger partial charge >= 0.3 is 0 Å². The second-order valence-electron chi connectivity index (χ2n) is 4.90. The molecule has 0 amide bonds. The van der Waals surface area contributed by atoms with Gasteiger partial charge in [-0.05, 0) is 18.9 Å². The van der Waals surface area contributed by atoms with Crippen molar-refractivity contribution in [1.29, 1.82) is 0 Å². The van der Waals surface area contributed by atoms with Crippen LogP contribution in [0, 0.1) is 6.92 Å². The second-order valence-corrected chi connectivity index (χ2v) is 6.87. The van der Waals surface area contributed by atoms with Crippen LogP contribution < -0.4 is 4.72 Å². The third-order valence-corrected chi connectivity index (χ3v) is 4.96. The Kier molecular flexibility index (Phi) is 5.03. The van der Waals surface area contributed by atoms with Gasteiger partial charge in [-0.3, -0.25) is 0 Å². The number of benzene rings is 1. The van der Waals surface area contributed by atoms with E-state index >= 15 is 0 Å². The van der Waals surface area contributed by atoms with Crippen molar-refractivity contribution in [2.75, 3.05) is 5.88 Å². The van der Waals surface area contributed by atoms with E-state index in [0.717, 1.165) is 5.56 Å². The highest BCUT2D eigenvalue weighted by molar-refractivity contribution is 7.89. The summed E-state index contributed by atoms with van der Waals surface area (Å²) in [7, 11) is -1.91. The molecule has 0 bridgehead atoms. The molecule has 1 unspecified atom stereocenters. The van der Waals surface area contributed by atoms with Crippen LogP contribution in [0.2, 0.25) is 0 Å². The van der Waals surface area contributed by atoms with Crippen LogP contribution in [0.15, 0.2) is 41.6 Å². The van der Waals surface area contributed by atoms with Crippen LogP contribution in [0.5, 0.6) is 0 Å². The number of halogens is 1. The number of nitrogens with one attached hydrogen (secondary N) is 1. The van der Waals surface area contributed by atoms with Gasteiger partial charge in [0.2, 0.25) is 0 Å². The Hall–Kier alpha value is -1.37. The summed E-state index contributed by atoms with van der Waals surface area (Å²) in [5.41, 5.74) is 1.03. The lowest BCUT2D eigenvalue weighted by atomic mass is 10.1. The first kappa shape index (κ1) is 16.0. The standard InChI is InChI=1S/C14H18ClN3O2S/c1-11-16-14(10-18(11)2)21(19,20)17-13(9-15)8-12-6-4-3-5-7-12/h3-7,10,13,17H,8-9H2,1-2H3. The van der Waals surface area contributed by atoms with Gasteiger partial charge in [-0.1, -0.05) is 30.3 Å². The molecule has 0 spiro atoms. The van der Waals surface area contributed by atoms with Crippen molar-refractivity contribution < 1.29 is 8.42 Å². The molecule has 0 saturated heterocycles. The van der Waals surface area contributed by atoms with Gasteiger partial charge in [-0.25, -0.2) is 18.1 Å². The largest absolute Gasteiger partial charge is 0.337 e. The molecule has 0 aliphatic carbocycles. The maximum Gasteiger partial charge on any atom is 0.259 e. The van der Waals surface area contributed by atoms with Crippen molar-refractivity contribution in [1.82, 2.24) is 14.3 Å². The molecule has 0 fully saturated rings. The zero-order valence-corrected chi connectivity index (χ0v) is 13.5. The smallest absolute Gasteiger partial charge is 0.259 e. The van der Waals surface area contributed by atoms with E-state index in [1.54, 1.807) is 18.5 Å². The third kappa shape index (κ3) is 4.06. The fraction of sp³-hybridized carbons (Fsp3) is 0.357. The summed E-state index contributed by atoms with van der Waals surface area (Å²) in [5.74, 6) is 0.834. The summed E-state index contributed by atoms with van der Waals surface area (Å²) in [4.78, 5) is 4.05.